The lowest BCUT2D eigenvalue weighted by Gasteiger charge is -2.09. The molecule has 0 aromatic heterocycles. The molecule has 1 aromatic carbocycles. The second kappa shape index (κ2) is 3.10. The predicted molar refractivity (Wildman–Crippen MR) is 65.6 cm³/mol. The van der Waals surface area contributed by atoms with E-state index < -0.39 is 0 Å². The van der Waals surface area contributed by atoms with Gasteiger partial charge in [0.25, 0.3) is 0 Å². The maximum atomic E-state index is 12.0. The van der Waals surface area contributed by atoms with Crippen molar-refractivity contribution in [3.63, 3.8) is 0 Å². The van der Waals surface area contributed by atoms with Crippen LogP contribution in [0.15, 0.2) is 47.4 Å². The van der Waals surface area contributed by atoms with Crippen LogP contribution in [0.3, 0.4) is 0 Å². The normalized spacial score (nSPS) is 11.0. The molecule has 0 spiro atoms. The van der Waals surface area contributed by atoms with Gasteiger partial charge in [0, 0.05) is 6.20 Å². The highest BCUT2D eigenvalue weighted by Crippen LogP contribution is 2.26. The van der Waals surface area contributed by atoms with Crippen LogP contribution in [0.5, 0.6) is 0 Å². The number of hydrogen-bond acceptors (Lipinski definition) is 2. The van der Waals surface area contributed by atoms with Gasteiger partial charge in [-0.15, -0.1) is 0 Å². The molecule has 0 fully saturated rings. The van der Waals surface area contributed by atoms with Crippen molar-refractivity contribution in [1.82, 2.24) is 4.98 Å². The molecule has 1 heterocycles. The highest BCUT2D eigenvalue weighted by atomic mass is 16.1. The van der Waals surface area contributed by atoms with E-state index in [1.54, 1.807) is 6.07 Å². The van der Waals surface area contributed by atoms with Crippen molar-refractivity contribution >= 4 is 16.5 Å². The number of pyridine rings is 1. The summed E-state index contributed by atoms with van der Waals surface area (Å²) in [5.74, 6) is 0. The number of nitrogens with one attached hydrogen (secondary N) is 1. The van der Waals surface area contributed by atoms with Crippen LogP contribution >= 0.6 is 0 Å². The summed E-state index contributed by atoms with van der Waals surface area (Å²) in [6, 6.07) is 11.2. The van der Waals surface area contributed by atoms with Crippen molar-refractivity contribution in [3.8, 4) is 11.3 Å². The maximum Gasteiger partial charge on any atom is 0.211 e. The van der Waals surface area contributed by atoms with Gasteiger partial charge in [0.2, 0.25) is 5.43 Å². The number of nitrogens with two attached hydrogens (primary N) is 1. The lowest BCUT2D eigenvalue weighted by Crippen LogP contribution is -2.12. The Morgan fingerprint density at radius 3 is 2.75 bits per heavy atom. The molecule has 3 rings (SSSR count). The zero-order valence-corrected chi connectivity index (χ0v) is 8.53. The van der Waals surface area contributed by atoms with Gasteiger partial charge < -0.3 is 10.7 Å². The summed E-state index contributed by atoms with van der Waals surface area (Å²) in [6.45, 7) is 0. The van der Waals surface area contributed by atoms with E-state index in [1.807, 2.05) is 36.5 Å². The van der Waals surface area contributed by atoms with Gasteiger partial charge in [0.05, 0.1) is 16.9 Å². The summed E-state index contributed by atoms with van der Waals surface area (Å²) in [6.07, 6.45) is 1.90. The molecule has 1 aromatic rings. The number of aromatic nitrogens is 1. The molecule has 1 aliphatic heterocycles. The minimum atomic E-state index is -0.106. The molecular weight excluding hydrogens is 200 g/mol. The topological polar surface area (TPSA) is 58.9 Å². The lowest BCUT2D eigenvalue weighted by atomic mass is 10.0. The van der Waals surface area contributed by atoms with Gasteiger partial charge in [-0.2, -0.15) is 0 Å². The Kier molecular flexibility index (Phi) is 1.74. The van der Waals surface area contributed by atoms with Crippen LogP contribution in [-0.2, 0) is 0 Å². The zero-order chi connectivity index (χ0) is 11.1. The second-order valence-electron chi connectivity index (χ2n) is 3.78. The van der Waals surface area contributed by atoms with Crippen LogP contribution in [0.4, 0.5) is 5.69 Å². The van der Waals surface area contributed by atoms with E-state index >= 15 is 0 Å². The summed E-state index contributed by atoms with van der Waals surface area (Å²) in [5, 5.41) is 1.95. The first-order chi connectivity index (χ1) is 7.77. The lowest BCUT2D eigenvalue weighted by molar-refractivity contribution is 1.34. The first-order valence-corrected chi connectivity index (χ1v) is 5.06. The number of H-pyrrole nitrogens is 1. The van der Waals surface area contributed by atoms with Crippen molar-refractivity contribution < 1.29 is 0 Å². The average molecular weight is 210 g/mol. The fourth-order valence-electron chi connectivity index (χ4n) is 1.99. The van der Waals surface area contributed by atoms with Crippen LogP contribution in [-0.4, -0.2) is 4.98 Å². The molecule has 0 saturated heterocycles. The molecule has 78 valence electrons. The van der Waals surface area contributed by atoms with Crippen molar-refractivity contribution in [3.05, 3.63) is 52.8 Å². The molecule has 0 saturated carbocycles. The third-order valence-electron chi connectivity index (χ3n) is 2.80. The Balaban J connectivity index is 2.63. The average Bonchev–Trinajstić information content (AvgIpc) is 2.33. The van der Waals surface area contributed by atoms with Gasteiger partial charge in [-0.25, -0.2) is 0 Å². The largest absolute Gasteiger partial charge is 0.396 e. The molecule has 0 amide bonds. The Bertz CT molecular complexity index is 700. The first kappa shape index (κ1) is 8.97. The van der Waals surface area contributed by atoms with Crippen molar-refractivity contribution in [1.29, 1.82) is 0 Å². The quantitative estimate of drug-likeness (QED) is 0.441. The minimum absolute atomic E-state index is 0.106. The van der Waals surface area contributed by atoms with E-state index in [4.69, 9.17) is 5.73 Å². The summed E-state index contributed by atoms with van der Waals surface area (Å²) >= 11 is 0. The summed E-state index contributed by atoms with van der Waals surface area (Å²) in [5.41, 5.74) is 7.32. The Morgan fingerprint density at radius 1 is 1.06 bits per heavy atom. The molecule has 2 aliphatic rings. The van der Waals surface area contributed by atoms with E-state index in [9.17, 15) is 4.79 Å². The van der Waals surface area contributed by atoms with Crippen LogP contribution in [0, 0.1) is 0 Å². The van der Waals surface area contributed by atoms with Crippen LogP contribution in [0.25, 0.3) is 22.0 Å². The molecule has 1 aliphatic carbocycles. The summed E-state index contributed by atoms with van der Waals surface area (Å²) in [7, 11) is 0. The molecular formula is C13H10N2O. The van der Waals surface area contributed by atoms with E-state index in [1.165, 1.54) is 0 Å². The van der Waals surface area contributed by atoms with E-state index in [2.05, 4.69) is 4.98 Å². The molecule has 0 atom stereocenters. The third-order valence-corrected chi connectivity index (χ3v) is 2.80. The van der Waals surface area contributed by atoms with Gasteiger partial charge in [-0.3, -0.25) is 4.79 Å². The van der Waals surface area contributed by atoms with Gasteiger partial charge in [0.15, 0.2) is 0 Å². The highest BCUT2D eigenvalue weighted by Gasteiger charge is 2.11. The van der Waals surface area contributed by atoms with Crippen molar-refractivity contribution in [2.75, 3.05) is 5.73 Å². The number of anilines is 1. The fraction of sp³-hybridized carbons (Fsp3) is 0. The summed E-state index contributed by atoms with van der Waals surface area (Å²) in [4.78, 5) is 15.1. The Labute approximate surface area is 91.9 Å². The molecule has 0 bridgehead atoms. The SMILES string of the molecule is Nc1ccc2[nH]cc3ccccc3c-2c1=O. The fourth-order valence-corrected chi connectivity index (χ4v) is 1.99. The van der Waals surface area contributed by atoms with Gasteiger partial charge in [-0.1, -0.05) is 24.3 Å². The molecule has 0 unspecified atom stereocenters. The number of rotatable bonds is 0. The van der Waals surface area contributed by atoms with E-state index in [0.717, 1.165) is 16.5 Å². The van der Waals surface area contributed by atoms with E-state index in [-0.39, 0.29) is 11.1 Å². The number of aromatic amines is 1. The van der Waals surface area contributed by atoms with Crippen molar-refractivity contribution in [2.24, 2.45) is 0 Å². The van der Waals surface area contributed by atoms with E-state index in [0.29, 0.717) is 5.56 Å². The first-order valence-electron chi connectivity index (χ1n) is 5.06. The Morgan fingerprint density at radius 2 is 1.88 bits per heavy atom. The van der Waals surface area contributed by atoms with Crippen LogP contribution in [0.1, 0.15) is 0 Å². The highest BCUT2D eigenvalue weighted by molar-refractivity contribution is 5.96. The standard InChI is InChI=1S/C13H10N2O/c14-10-5-6-11-12(13(10)16)9-4-2-1-3-8(9)7-15-11/h1-7,15H,14H2. The molecule has 3 N–H and O–H groups in total. The minimum Gasteiger partial charge on any atom is -0.396 e. The van der Waals surface area contributed by atoms with Gasteiger partial charge in [-0.05, 0) is 22.9 Å². The number of benzene rings is 2. The van der Waals surface area contributed by atoms with Crippen LogP contribution < -0.4 is 11.2 Å². The van der Waals surface area contributed by atoms with Crippen molar-refractivity contribution in [2.45, 2.75) is 0 Å². The second-order valence-corrected chi connectivity index (χ2v) is 3.78. The van der Waals surface area contributed by atoms with Crippen LogP contribution in [0.2, 0.25) is 0 Å². The van der Waals surface area contributed by atoms with Gasteiger partial charge >= 0.3 is 0 Å². The zero-order valence-electron chi connectivity index (χ0n) is 8.53. The summed E-state index contributed by atoms with van der Waals surface area (Å²) < 4.78 is 0. The molecule has 16 heavy (non-hydrogen) atoms. The smallest absolute Gasteiger partial charge is 0.211 e. The number of fused-ring (bicyclic) bond motifs is 3. The monoisotopic (exact) mass is 210 g/mol. The third kappa shape index (κ3) is 1.11. The number of hydrogen-bond donors (Lipinski definition) is 2. The van der Waals surface area contributed by atoms with Gasteiger partial charge in [0.1, 0.15) is 0 Å². The molecule has 0 radical (unpaired) electrons. The predicted octanol–water partition coefficient (Wildman–Crippen LogP) is 2.22. The number of nitrogen functional groups attached to an aromatic ring is 1. The Hall–Kier alpha value is -2.29. The maximum absolute atomic E-state index is 12.0. The molecule has 3 nitrogen and oxygen atoms in total. The molecule has 3 heteroatoms.